The van der Waals surface area contributed by atoms with Crippen molar-refractivity contribution in [3.8, 4) is 0 Å². The third-order valence-electron chi connectivity index (χ3n) is 3.40. The Balaban J connectivity index is 1.61. The van der Waals surface area contributed by atoms with Crippen LogP contribution in [0.15, 0.2) is 54.7 Å². The van der Waals surface area contributed by atoms with E-state index in [1.807, 2.05) is 36.4 Å². The Morgan fingerprint density at radius 1 is 1.04 bits per heavy atom. The van der Waals surface area contributed by atoms with Crippen molar-refractivity contribution in [3.63, 3.8) is 0 Å². The monoisotopic (exact) mass is 368 g/mol. The van der Waals surface area contributed by atoms with Gasteiger partial charge in [0.15, 0.2) is 5.82 Å². The second-order valence-electron chi connectivity index (χ2n) is 5.53. The summed E-state index contributed by atoms with van der Waals surface area (Å²) >= 11 is 5.88. The van der Waals surface area contributed by atoms with Gasteiger partial charge in [0.25, 0.3) is 0 Å². The number of nitrogens with zero attached hydrogens (tertiary/aromatic N) is 3. The minimum absolute atomic E-state index is 0.109. The molecule has 3 aromatic rings. The van der Waals surface area contributed by atoms with Gasteiger partial charge in [-0.1, -0.05) is 23.7 Å². The van der Waals surface area contributed by atoms with Gasteiger partial charge in [-0.25, -0.2) is 0 Å². The predicted octanol–water partition coefficient (Wildman–Crippen LogP) is 3.84. The van der Waals surface area contributed by atoms with E-state index in [1.54, 1.807) is 12.1 Å². The van der Waals surface area contributed by atoms with E-state index in [-0.39, 0.29) is 5.91 Å². The highest BCUT2D eigenvalue weighted by atomic mass is 35.5. The maximum Gasteiger partial charge on any atom is 0.244 e. The van der Waals surface area contributed by atoms with Crippen molar-refractivity contribution in [1.29, 1.82) is 0 Å². The van der Waals surface area contributed by atoms with Crippen molar-refractivity contribution in [1.82, 2.24) is 15.2 Å². The average Bonchev–Trinajstić information content (AvgIpc) is 2.63. The number of hydrogen-bond acceptors (Lipinski definition) is 6. The van der Waals surface area contributed by atoms with E-state index in [0.717, 1.165) is 16.9 Å². The molecule has 1 amide bonds. The standard InChI is InChI=1S/C18H17ClN6O/c1-12(26)22-15-6-8-16(9-7-15)23-17-11-21-25-18(24-17)20-10-13-2-4-14(19)5-3-13/h2-9,11H,10H2,1H3,(H,22,26)(H2,20,23,24,25). The van der Waals surface area contributed by atoms with Gasteiger partial charge in [-0.05, 0) is 42.0 Å². The molecule has 0 aliphatic rings. The molecule has 0 bridgehead atoms. The Morgan fingerprint density at radius 3 is 2.42 bits per heavy atom. The summed E-state index contributed by atoms with van der Waals surface area (Å²) in [5.74, 6) is 0.868. The smallest absolute Gasteiger partial charge is 0.244 e. The Bertz CT molecular complexity index is 883. The molecule has 0 aliphatic heterocycles. The minimum Gasteiger partial charge on any atom is -0.349 e. The van der Waals surface area contributed by atoms with Crippen molar-refractivity contribution in [2.75, 3.05) is 16.0 Å². The fourth-order valence-corrected chi connectivity index (χ4v) is 2.34. The lowest BCUT2D eigenvalue weighted by atomic mass is 10.2. The quantitative estimate of drug-likeness (QED) is 0.612. The molecule has 0 unspecified atom stereocenters. The van der Waals surface area contributed by atoms with Crippen LogP contribution >= 0.6 is 11.6 Å². The molecule has 132 valence electrons. The molecule has 0 saturated heterocycles. The first kappa shape index (κ1) is 17.6. The molecule has 0 atom stereocenters. The molecule has 0 saturated carbocycles. The van der Waals surface area contributed by atoms with Gasteiger partial charge in [0, 0.05) is 29.9 Å². The molecule has 26 heavy (non-hydrogen) atoms. The lowest BCUT2D eigenvalue weighted by molar-refractivity contribution is -0.114. The first-order valence-electron chi connectivity index (χ1n) is 7.91. The third-order valence-corrected chi connectivity index (χ3v) is 3.65. The largest absolute Gasteiger partial charge is 0.349 e. The topological polar surface area (TPSA) is 91.8 Å². The molecule has 0 fully saturated rings. The van der Waals surface area contributed by atoms with E-state index < -0.39 is 0 Å². The zero-order valence-corrected chi connectivity index (χ0v) is 14.8. The number of carbonyl (C=O) groups is 1. The lowest BCUT2D eigenvalue weighted by Gasteiger charge is -2.09. The highest BCUT2D eigenvalue weighted by Crippen LogP contribution is 2.18. The van der Waals surface area contributed by atoms with Crippen LogP contribution in [0, 0.1) is 0 Å². The molecule has 3 rings (SSSR count). The number of benzene rings is 2. The summed E-state index contributed by atoms with van der Waals surface area (Å²) in [6, 6.07) is 14.8. The number of halogens is 1. The highest BCUT2D eigenvalue weighted by molar-refractivity contribution is 6.30. The maximum absolute atomic E-state index is 11.0. The number of anilines is 4. The Hall–Kier alpha value is -3.19. The van der Waals surface area contributed by atoms with Gasteiger partial charge in [0.05, 0.1) is 6.20 Å². The fraction of sp³-hybridized carbons (Fsp3) is 0.111. The third kappa shape index (κ3) is 5.15. The molecule has 2 aromatic carbocycles. The molecule has 0 radical (unpaired) electrons. The molecule has 8 heteroatoms. The molecular weight excluding hydrogens is 352 g/mol. The van der Waals surface area contributed by atoms with Gasteiger partial charge in [0.2, 0.25) is 11.9 Å². The van der Waals surface area contributed by atoms with Crippen molar-refractivity contribution >= 4 is 40.6 Å². The maximum atomic E-state index is 11.0. The van der Waals surface area contributed by atoms with Crippen LogP contribution in [0.1, 0.15) is 12.5 Å². The predicted molar refractivity (Wildman–Crippen MR) is 103 cm³/mol. The summed E-state index contributed by atoms with van der Waals surface area (Å²) < 4.78 is 0. The van der Waals surface area contributed by atoms with E-state index in [9.17, 15) is 4.79 Å². The van der Waals surface area contributed by atoms with E-state index in [4.69, 9.17) is 11.6 Å². The van der Waals surface area contributed by atoms with Crippen LogP contribution in [-0.4, -0.2) is 21.1 Å². The van der Waals surface area contributed by atoms with Crippen molar-refractivity contribution in [2.24, 2.45) is 0 Å². The van der Waals surface area contributed by atoms with E-state index in [0.29, 0.717) is 23.3 Å². The van der Waals surface area contributed by atoms with Crippen LogP contribution in [0.4, 0.5) is 23.1 Å². The van der Waals surface area contributed by atoms with E-state index in [1.165, 1.54) is 13.1 Å². The van der Waals surface area contributed by atoms with Gasteiger partial charge in [-0.3, -0.25) is 4.79 Å². The second-order valence-corrected chi connectivity index (χ2v) is 5.97. The van der Waals surface area contributed by atoms with Crippen molar-refractivity contribution in [2.45, 2.75) is 13.5 Å². The van der Waals surface area contributed by atoms with Gasteiger partial charge in [-0.15, -0.1) is 5.10 Å². The Kier molecular flexibility index (Phi) is 5.60. The average molecular weight is 369 g/mol. The van der Waals surface area contributed by atoms with Gasteiger partial charge in [0.1, 0.15) is 0 Å². The van der Waals surface area contributed by atoms with Gasteiger partial charge >= 0.3 is 0 Å². The first-order valence-corrected chi connectivity index (χ1v) is 8.29. The Labute approximate surface area is 155 Å². The normalized spacial score (nSPS) is 10.2. The fourth-order valence-electron chi connectivity index (χ4n) is 2.21. The molecular formula is C18H17ClN6O. The van der Waals surface area contributed by atoms with Crippen molar-refractivity contribution < 1.29 is 4.79 Å². The zero-order valence-electron chi connectivity index (χ0n) is 14.0. The number of amides is 1. The molecule has 3 N–H and O–H groups in total. The number of rotatable bonds is 6. The minimum atomic E-state index is -0.109. The molecule has 0 aliphatic carbocycles. The second kappa shape index (κ2) is 8.26. The molecule has 1 aromatic heterocycles. The summed E-state index contributed by atoms with van der Waals surface area (Å²) in [6.07, 6.45) is 1.54. The number of aromatic nitrogens is 3. The zero-order chi connectivity index (χ0) is 18.4. The van der Waals surface area contributed by atoms with Gasteiger partial charge in [-0.2, -0.15) is 10.1 Å². The first-order chi connectivity index (χ1) is 12.6. The molecule has 7 nitrogen and oxygen atoms in total. The van der Waals surface area contributed by atoms with Crippen molar-refractivity contribution in [3.05, 3.63) is 65.3 Å². The lowest BCUT2D eigenvalue weighted by Crippen LogP contribution is -2.07. The van der Waals surface area contributed by atoms with Crippen LogP contribution in [0.3, 0.4) is 0 Å². The summed E-state index contributed by atoms with van der Waals surface area (Å²) in [5, 5.41) is 17.6. The van der Waals surface area contributed by atoms with Crippen LogP contribution in [-0.2, 0) is 11.3 Å². The summed E-state index contributed by atoms with van der Waals surface area (Å²) in [5.41, 5.74) is 2.61. The van der Waals surface area contributed by atoms with E-state index >= 15 is 0 Å². The highest BCUT2D eigenvalue weighted by Gasteiger charge is 2.02. The number of hydrogen-bond donors (Lipinski definition) is 3. The molecule has 0 spiro atoms. The summed E-state index contributed by atoms with van der Waals surface area (Å²) in [6.45, 7) is 2.03. The number of carbonyl (C=O) groups excluding carboxylic acids is 1. The summed E-state index contributed by atoms with van der Waals surface area (Å²) in [4.78, 5) is 15.4. The van der Waals surface area contributed by atoms with Crippen LogP contribution in [0.25, 0.3) is 0 Å². The van der Waals surface area contributed by atoms with E-state index in [2.05, 4.69) is 31.1 Å². The number of nitrogens with one attached hydrogen (secondary N) is 3. The van der Waals surface area contributed by atoms with Crippen LogP contribution in [0.2, 0.25) is 5.02 Å². The van der Waals surface area contributed by atoms with Crippen LogP contribution < -0.4 is 16.0 Å². The molecule has 1 heterocycles. The SMILES string of the molecule is CC(=O)Nc1ccc(Nc2cnnc(NCc3ccc(Cl)cc3)n2)cc1. The van der Waals surface area contributed by atoms with Gasteiger partial charge < -0.3 is 16.0 Å². The Morgan fingerprint density at radius 2 is 1.73 bits per heavy atom. The summed E-state index contributed by atoms with van der Waals surface area (Å²) in [7, 11) is 0. The van der Waals surface area contributed by atoms with Crippen LogP contribution in [0.5, 0.6) is 0 Å².